The van der Waals surface area contributed by atoms with E-state index in [-0.39, 0.29) is 12.1 Å². The Kier molecular flexibility index (Phi) is 5.45. The topological polar surface area (TPSA) is 41.6 Å². The average Bonchev–Trinajstić information content (AvgIpc) is 2.41. The Morgan fingerprint density at radius 2 is 1.91 bits per heavy atom. The van der Waals surface area contributed by atoms with Gasteiger partial charge in [0.2, 0.25) is 0 Å². The van der Waals surface area contributed by atoms with Gasteiger partial charge in [0, 0.05) is 29.8 Å². The molecule has 0 bridgehead atoms. The van der Waals surface area contributed by atoms with Crippen LogP contribution in [0.3, 0.4) is 0 Å². The van der Waals surface area contributed by atoms with Gasteiger partial charge in [-0.05, 0) is 70.7 Å². The number of amides is 1. The standard InChI is InChI=1S/C18H27ClN2O2/c1-12-9-14(19)10-13(2)16(12)20-15-7-6-8-21(11-15)17(22)23-18(3,4)5/h9-10,15,20H,6-8,11H2,1-5H3. The number of nitrogens with zero attached hydrogens (tertiary/aromatic N) is 1. The number of likely N-dealkylation sites (tertiary alicyclic amines) is 1. The summed E-state index contributed by atoms with van der Waals surface area (Å²) in [6.07, 6.45) is 1.79. The van der Waals surface area contributed by atoms with Gasteiger partial charge in [-0.15, -0.1) is 0 Å². The summed E-state index contributed by atoms with van der Waals surface area (Å²) in [5.74, 6) is 0. The molecule has 1 aromatic rings. The number of hydrogen-bond acceptors (Lipinski definition) is 3. The van der Waals surface area contributed by atoms with Crippen molar-refractivity contribution < 1.29 is 9.53 Å². The van der Waals surface area contributed by atoms with Gasteiger partial charge in [-0.2, -0.15) is 0 Å². The molecule has 1 heterocycles. The molecule has 1 fully saturated rings. The highest BCUT2D eigenvalue weighted by Crippen LogP contribution is 2.27. The Labute approximate surface area is 144 Å². The number of aryl methyl sites for hydroxylation is 2. The quantitative estimate of drug-likeness (QED) is 0.844. The van der Waals surface area contributed by atoms with Crippen molar-refractivity contribution in [3.8, 4) is 0 Å². The van der Waals surface area contributed by atoms with Crippen LogP contribution in [-0.4, -0.2) is 35.7 Å². The van der Waals surface area contributed by atoms with Crippen LogP contribution in [0.4, 0.5) is 10.5 Å². The normalized spacial score (nSPS) is 18.7. The second-order valence-electron chi connectivity index (χ2n) is 7.32. The maximum absolute atomic E-state index is 12.2. The number of hydrogen-bond donors (Lipinski definition) is 1. The third-order valence-electron chi connectivity index (χ3n) is 3.92. The molecule has 0 saturated carbocycles. The maximum atomic E-state index is 12.2. The average molecular weight is 339 g/mol. The van der Waals surface area contributed by atoms with Crippen LogP contribution in [0.25, 0.3) is 0 Å². The zero-order chi connectivity index (χ0) is 17.2. The smallest absolute Gasteiger partial charge is 0.410 e. The van der Waals surface area contributed by atoms with E-state index in [9.17, 15) is 4.79 Å². The predicted octanol–water partition coefficient (Wildman–Crippen LogP) is 4.77. The van der Waals surface area contributed by atoms with Crippen LogP contribution in [-0.2, 0) is 4.74 Å². The summed E-state index contributed by atoms with van der Waals surface area (Å²) in [5, 5.41) is 4.34. The van der Waals surface area contributed by atoms with Crippen LogP contribution in [0.1, 0.15) is 44.7 Å². The summed E-state index contributed by atoms with van der Waals surface area (Å²) in [4.78, 5) is 14.0. The fourth-order valence-corrected chi connectivity index (χ4v) is 3.26. The van der Waals surface area contributed by atoms with Crippen LogP contribution >= 0.6 is 11.6 Å². The first-order valence-electron chi connectivity index (χ1n) is 8.17. The molecule has 1 saturated heterocycles. The molecule has 1 unspecified atom stereocenters. The van der Waals surface area contributed by atoms with Gasteiger partial charge in [0.15, 0.2) is 0 Å². The summed E-state index contributed by atoms with van der Waals surface area (Å²) in [7, 11) is 0. The first-order chi connectivity index (χ1) is 10.7. The number of nitrogens with one attached hydrogen (secondary N) is 1. The Morgan fingerprint density at radius 1 is 1.30 bits per heavy atom. The molecular formula is C18H27ClN2O2. The largest absolute Gasteiger partial charge is 0.444 e. The molecule has 1 aliphatic heterocycles. The summed E-state index contributed by atoms with van der Waals surface area (Å²) in [6.45, 7) is 11.2. The van der Waals surface area contributed by atoms with E-state index < -0.39 is 5.60 Å². The van der Waals surface area contributed by atoms with Crippen molar-refractivity contribution in [1.82, 2.24) is 4.90 Å². The van der Waals surface area contributed by atoms with Crippen LogP contribution in [0.15, 0.2) is 12.1 Å². The molecule has 0 radical (unpaired) electrons. The molecule has 1 aliphatic rings. The Bertz CT molecular complexity index is 558. The summed E-state index contributed by atoms with van der Waals surface area (Å²) in [6, 6.07) is 4.16. The van der Waals surface area contributed by atoms with E-state index in [0.717, 1.165) is 41.2 Å². The van der Waals surface area contributed by atoms with E-state index in [1.807, 2.05) is 32.9 Å². The van der Waals surface area contributed by atoms with E-state index in [1.54, 1.807) is 4.90 Å². The fraction of sp³-hybridized carbons (Fsp3) is 0.611. The third kappa shape index (κ3) is 5.03. The highest BCUT2D eigenvalue weighted by Gasteiger charge is 2.27. The SMILES string of the molecule is Cc1cc(Cl)cc(C)c1NC1CCCN(C(=O)OC(C)(C)C)C1. The summed E-state index contributed by atoms with van der Waals surface area (Å²) >= 11 is 6.09. The number of rotatable bonds is 2. The molecule has 1 atom stereocenters. The Morgan fingerprint density at radius 3 is 2.48 bits per heavy atom. The van der Waals surface area contributed by atoms with Crippen molar-refractivity contribution in [3.63, 3.8) is 0 Å². The lowest BCUT2D eigenvalue weighted by molar-refractivity contribution is 0.0206. The summed E-state index contributed by atoms with van der Waals surface area (Å²) in [5.41, 5.74) is 2.92. The molecule has 2 rings (SSSR count). The van der Waals surface area contributed by atoms with Crippen molar-refractivity contribution in [2.45, 2.75) is 59.1 Å². The number of piperidine rings is 1. The first-order valence-corrected chi connectivity index (χ1v) is 8.55. The molecule has 1 N–H and O–H groups in total. The Balaban J connectivity index is 2.03. The molecular weight excluding hydrogens is 312 g/mol. The highest BCUT2D eigenvalue weighted by molar-refractivity contribution is 6.30. The van der Waals surface area contributed by atoms with Crippen LogP contribution in [0, 0.1) is 13.8 Å². The van der Waals surface area contributed by atoms with E-state index in [0.29, 0.717) is 6.54 Å². The first kappa shape index (κ1) is 17.9. The molecule has 23 heavy (non-hydrogen) atoms. The van der Waals surface area contributed by atoms with E-state index in [1.165, 1.54) is 0 Å². The molecule has 128 valence electrons. The van der Waals surface area contributed by atoms with Gasteiger partial charge in [0.1, 0.15) is 5.60 Å². The number of benzene rings is 1. The van der Waals surface area contributed by atoms with Gasteiger partial charge >= 0.3 is 6.09 Å². The number of carbonyl (C=O) groups is 1. The molecule has 0 spiro atoms. The van der Waals surface area contributed by atoms with Crippen molar-refractivity contribution in [2.75, 3.05) is 18.4 Å². The fourth-order valence-electron chi connectivity index (χ4n) is 2.93. The van der Waals surface area contributed by atoms with Crippen molar-refractivity contribution in [2.24, 2.45) is 0 Å². The van der Waals surface area contributed by atoms with Crippen molar-refractivity contribution in [3.05, 3.63) is 28.3 Å². The maximum Gasteiger partial charge on any atom is 0.410 e. The zero-order valence-corrected chi connectivity index (χ0v) is 15.5. The second kappa shape index (κ2) is 7.00. The van der Waals surface area contributed by atoms with Gasteiger partial charge in [0.05, 0.1) is 0 Å². The molecule has 1 amide bonds. The van der Waals surface area contributed by atoms with Gasteiger partial charge in [-0.25, -0.2) is 4.79 Å². The van der Waals surface area contributed by atoms with Gasteiger partial charge in [0.25, 0.3) is 0 Å². The third-order valence-corrected chi connectivity index (χ3v) is 4.14. The Hall–Kier alpha value is -1.42. The lowest BCUT2D eigenvalue weighted by atomic mass is 10.0. The van der Waals surface area contributed by atoms with E-state index >= 15 is 0 Å². The minimum absolute atomic E-state index is 0.228. The van der Waals surface area contributed by atoms with Crippen LogP contribution < -0.4 is 5.32 Å². The van der Waals surface area contributed by atoms with Crippen LogP contribution in [0.2, 0.25) is 5.02 Å². The predicted molar refractivity (Wildman–Crippen MR) is 95.4 cm³/mol. The molecule has 5 heteroatoms. The minimum atomic E-state index is -0.458. The summed E-state index contributed by atoms with van der Waals surface area (Å²) < 4.78 is 5.48. The molecule has 0 aromatic heterocycles. The number of anilines is 1. The van der Waals surface area contributed by atoms with Gasteiger partial charge in [-0.3, -0.25) is 0 Å². The van der Waals surface area contributed by atoms with E-state index in [4.69, 9.17) is 16.3 Å². The lowest BCUT2D eigenvalue weighted by Gasteiger charge is -2.35. The van der Waals surface area contributed by atoms with Crippen LogP contribution in [0.5, 0.6) is 0 Å². The monoisotopic (exact) mass is 338 g/mol. The minimum Gasteiger partial charge on any atom is -0.444 e. The van der Waals surface area contributed by atoms with Crippen molar-refractivity contribution >= 4 is 23.4 Å². The number of halogens is 1. The van der Waals surface area contributed by atoms with Gasteiger partial charge in [-0.1, -0.05) is 11.6 Å². The number of carbonyl (C=O) groups excluding carboxylic acids is 1. The lowest BCUT2D eigenvalue weighted by Crippen LogP contribution is -2.47. The zero-order valence-electron chi connectivity index (χ0n) is 14.7. The van der Waals surface area contributed by atoms with E-state index in [2.05, 4.69) is 19.2 Å². The second-order valence-corrected chi connectivity index (χ2v) is 7.76. The highest BCUT2D eigenvalue weighted by atomic mass is 35.5. The van der Waals surface area contributed by atoms with Gasteiger partial charge < -0.3 is 15.0 Å². The number of ether oxygens (including phenoxy) is 1. The molecule has 1 aromatic carbocycles. The molecule has 4 nitrogen and oxygen atoms in total. The molecule has 0 aliphatic carbocycles. The van der Waals surface area contributed by atoms with Crippen molar-refractivity contribution in [1.29, 1.82) is 0 Å².